The number of phenols is 1. The zero-order chi connectivity index (χ0) is 10.7. The standard InChI is InChI=1S/C9H11NO4/c1-6(10(13)14)9(12)7-4-2-3-5-8(7)11/h2-6,9,11-12H,1H3/t6-,9-/m1/s1. The molecule has 0 saturated heterocycles. The van der Waals surface area contributed by atoms with Crippen LogP contribution in [-0.4, -0.2) is 21.2 Å². The fraction of sp³-hybridized carbons (Fsp3) is 0.333. The van der Waals surface area contributed by atoms with E-state index in [2.05, 4.69) is 0 Å². The topological polar surface area (TPSA) is 83.6 Å². The van der Waals surface area contributed by atoms with Crippen LogP contribution in [0.5, 0.6) is 5.75 Å². The van der Waals surface area contributed by atoms with Gasteiger partial charge in [-0.2, -0.15) is 0 Å². The fourth-order valence-electron chi connectivity index (χ4n) is 1.11. The predicted molar refractivity (Wildman–Crippen MR) is 49.5 cm³/mol. The average molecular weight is 197 g/mol. The zero-order valence-electron chi connectivity index (χ0n) is 7.62. The van der Waals surface area contributed by atoms with Crippen molar-refractivity contribution in [3.63, 3.8) is 0 Å². The summed E-state index contributed by atoms with van der Waals surface area (Å²) < 4.78 is 0. The van der Waals surface area contributed by atoms with Crippen LogP contribution in [0.25, 0.3) is 0 Å². The zero-order valence-corrected chi connectivity index (χ0v) is 7.62. The van der Waals surface area contributed by atoms with E-state index in [1.54, 1.807) is 12.1 Å². The Kier molecular flexibility index (Phi) is 3.03. The van der Waals surface area contributed by atoms with Crippen LogP contribution in [0, 0.1) is 10.1 Å². The summed E-state index contributed by atoms with van der Waals surface area (Å²) in [5.41, 5.74) is 0.178. The molecule has 0 bridgehead atoms. The second-order valence-electron chi connectivity index (χ2n) is 3.03. The van der Waals surface area contributed by atoms with E-state index in [9.17, 15) is 20.3 Å². The second kappa shape index (κ2) is 4.06. The van der Waals surface area contributed by atoms with Crippen LogP contribution in [0.4, 0.5) is 0 Å². The summed E-state index contributed by atoms with van der Waals surface area (Å²) in [6, 6.07) is 4.89. The third-order valence-corrected chi connectivity index (χ3v) is 2.04. The number of aliphatic hydroxyl groups excluding tert-OH is 1. The molecule has 0 aliphatic rings. The van der Waals surface area contributed by atoms with Crippen molar-refractivity contribution in [2.75, 3.05) is 0 Å². The summed E-state index contributed by atoms with van der Waals surface area (Å²) in [6.07, 6.45) is -1.29. The van der Waals surface area contributed by atoms with Crippen molar-refractivity contribution in [1.82, 2.24) is 0 Å². The minimum Gasteiger partial charge on any atom is -0.508 e. The smallest absolute Gasteiger partial charge is 0.240 e. The molecule has 0 aliphatic heterocycles. The number of rotatable bonds is 3. The van der Waals surface area contributed by atoms with Gasteiger partial charge in [-0.05, 0) is 6.07 Å². The predicted octanol–water partition coefficient (Wildman–Crippen LogP) is 1.09. The molecule has 0 amide bonds. The van der Waals surface area contributed by atoms with Crippen LogP contribution in [0.3, 0.4) is 0 Å². The number of hydrogen-bond acceptors (Lipinski definition) is 4. The molecule has 14 heavy (non-hydrogen) atoms. The van der Waals surface area contributed by atoms with Crippen molar-refractivity contribution in [2.24, 2.45) is 0 Å². The summed E-state index contributed by atoms with van der Waals surface area (Å²) in [6.45, 7) is 1.29. The normalized spacial score (nSPS) is 14.7. The number of aromatic hydroxyl groups is 1. The molecule has 2 N–H and O–H groups in total. The number of nitro groups is 1. The number of aliphatic hydroxyl groups is 1. The van der Waals surface area contributed by atoms with Crippen LogP contribution in [0.15, 0.2) is 24.3 Å². The van der Waals surface area contributed by atoms with Crippen LogP contribution >= 0.6 is 0 Å². The van der Waals surface area contributed by atoms with Crippen molar-refractivity contribution in [1.29, 1.82) is 0 Å². The number of para-hydroxylation sites is 1. The number of phenolic OH excluding ortho intramolecular Hbond substituents is 1. The van der Waals surface area contributed by atoms with Crippen molar-refractivity contribution in [3.05, 3.63) is 39.9 Å². The maximum absolute atomic E-state index is 10.4. The number of hydrogen-bond donors (Lipinski definition) is 2. The Hall–Kier alpha value is -1.62. The Morgan fingerprint density at radius 3 is 2.50 bits per heavy atom. The van der Waals surface area contributed by atoms with E-state index in [-0.39, 0.29) is 11.3 Å². The molecule has 76 valence electrons. The summed E-state index contributed by atoms with van der Waals surface area (Å²) in [7, 11) is 0. The van der Waals surface area contributed by atoms with Gasteiger partial charge in [0.15, 0.2) is 0 Å². The van der Waals surface area contributed by atoms with Crippen LogP contribution in [-0.2, 0) is 0 Å². The van der Waals surface area contributed by atoms with E-state index in [1.807, 2.05) is 0 Å². The van der Waals surface area contributed by atoms with Crippen molar-refractivity contribution < 1.29 is 15.1 Å². The molecule has 0 aromatic heterocycles. The Morgan fingerprint density at radius 2 is 2.00 bits per heavy atom. The van der Waals surface area contributed by atoms with Gasteiger partial charge in [0.05, 0.1) is 0 Å². The van der Waals surface area contributed by atoms with Gasteiger partial charge < -0.3 is 10.2 Å². The Balaban J connectivity index is 2.94. The SMILES string of the molecule is C[C@H]([C@@H](O)c1ccccc1O)[N+](=O)[O-]. The first kappa shape index (κ1) is 10.5. The van der Waals surface area contributed by atoms with Gasteiger partial charge in [-0.25, -0.2) is 0 Å². The van der Waals surface area contributed by atoms with Crippen LogP contribution < -0.4 is 0 Å². The molecule has 0 spiro atoms. The lowest BCUT2D eigenvalue weighted by molar-refractivity contribution is -0.531. The van der Waals surface area contributed by atoms with Crippen molar-refractivity contribution in [3.8, 4) is 5.75 Å². The third-order valence-electron chi connectivity index (χ3n) is 2.04. The molecule has 1 rings (SSSR count). The molecule has 5 nitrogen and oxygen atoms in total. The fourth-order valence-corrected chi connectivity index (χ4v) is 1.11. The quantitative estimate of drug-likeness (QED) is 0.561. The van der Waals surface area contributed by atoms with E-state index in [0.717, 1.165) is 0 Å². The maximum atomic E-state index is 10.4. The van der Waals surface area contributed by atoms with E-state index in [1.165, 1.54) is 19.1 Å². The average Bonchev–Trinajstić information content (AvgIpc) is 2.16. The summed E-state index contributed by atoms with van der Waals surface area (Å²) in [5, 5.41) is 29.3. The van der Waals surface area contributed by atoms with E-state index in [0.29, 0.717) is 0 Å². The van der Waals surface area contributed by atoms with Gasteiger partial charge in [0.1, 0.15) is 11.9 Å². The van der Waals surface area contributed by atoms with Gasteiger partial charge in [0.2, 0.25) is 6.04 Å². The first-order valence-corrected chi connectivity index (χ1v) is 4.13. The number of nitrogens with zero attached hydrogens (tertiary/aromatic N) is 1. The first-order valence-electron chi connectivity index (χ1n) is 4.13. The van der Waals surface area contributed by atoms with Crippen molar-refractivity contribution in [2.45, 2.75) is 19.1 Å². The van der Waals surface area contributed by atoms with E-state index < -0.39 is 17.1 Å². The highest BCUT2D eigenvalue weighted by Gasteiger charge is 2.27. The highest BCUT2D eigenvalue weighted by Crippen LogP contribution is 2.26. The molecule has 0 saturated carbocycles. The first-order chi connectivity index (χ1) is 6.54. The molecule has 5 heteroatoms. The van der Waals surface area contributed by atoms with Gasteiger partial charge in [-0.1, -0.05) is 18.2 Å². The summed E-state index contributed by atoms with van der Waals surface area (Å²) >= 11 is 0. The molecule has 1 aromatic rings. The third kappa shape index (κ3) is 2.00. The Labute approximate surface area is 80.8 Å². The van der Waals surface area contributed by atoms with Gasteiger partial charge >= 0.3 is 0 Å². The lowest BCUT2D eigenvalue weighted by atomic mass is 10.0. The molecular weight excluding hydrogens is 186 g/mol. The van der Waals surface area contributed by atoms with Gasteiger partial charge in [0, 0.05) is 17.4 Å². The van der Waals surface area contributed by atoms with E-state index in [4.69, 9.17) is 0 Å². The van der Waals surface area contributed by atoms with Crippen LogP contribution in [0.2, 0.25) is 0 Å². The monoisotopic (exact) mass is 197 g/mol. The molecule has 0 fully saturated rings. The molecule has 0 heterocycles. The lowest BCUT2D eigenvalue weighted by Gasteiger charge is -2.13. The molecule has 2 atom stereocenters. The summed E-state index contributed by atoms with van der Waals surface area (Å²) in [4.78, 5) is 9.80. The summed E-state index contributed by atoms with van der Waals surface area (Å²) in [5.74, 6) is -0.131. The van der Waals surface area contributed by atoms with Gasteiger partial charge in [-0.15, -0.1) is 0 Å². The van der Waals surface area contributed by atoms with Gasteiger partial charge in [-0.3, -0.25) is 10.1 Å². The number of benzene rings is 1. The Morgan fingerprint density at radius 1 is 1.43 bits per heavy atom. The Bertz CT molecular complexity index is 339. The van der Waals surface area contributed by atoms with Crippen molar-refractivity contribution >= 4 is 0 Å². The lowest BCUT2D eigenvalue weighted by Crippen LogP contribution is -2.23. The second-order valence-corrected chi connectivity index (χ2v) is 3.03. The van der Waals surface area contributed by atoms with E-state index >= 15 is 0 Å². The molecular formula is C9H11NO4. The minimum absolute atomic E-state index is 0.131. The highest BCUT2D eigenvalue weighted by molar-refractivity contribution is 5.33. The molecule has 0 radical (unpaired) electrons. The van der Waals surface area contributed by atoms with Crippen LogP contribution in [0.1, 0.15) is 18.6 Å². The largest absolute Gasteiger partial charge is 0.508 e. The van der Waals surface area contributed by atoms with Gasteiger partial charge in [0.25, 0.3) is 0 Å². The molecule has 0 unspecified atom stereocenters. The highest BCUT2D eigenvalue weighted by atomic mass is 16.6. The molecule has 0 aliphatic carbocycles. The minimum atomic E-state index is -1.29. The molecule has 1 aromatic carbocycles. The maximum Gasteiger partial charge on any atom is 0.240 e.